The lowest BCUT2D eigenvalue weighted by Crippen LogP contribution is -2.42. The fourth-order valence-electron chi connectivity index (χ4n) is 3.83. The third-order valence-electron chi connectivity index (χ3n) is 7.12. The maximum Gasteiger partial charge on any atom is 0.409 e. The van der Waals surface area contributed by atoms with Crippen LogP contribution in [0.3, 0.4) is 0 Å². The molecule has 2 amide bonds. The van der Waals surface area contributed by atoms with Crippen LogP contribution in [0.15, 0.2) is 77.8 Å². The van der Waals surface area contributed by atoms with Crippen molar-refractivity contribution in [3.05, 3.63) is 101 Å². The number of anilines is 1. The SMILES string of the molecule is CC(C)(C)[Si](C)(C)OCc1cccc2c1NC(=O)C(NC(=O)OCc1ccccc1)N=C2c1cccc(F)c1. The number of hydrogen-bond acceptors (Lipinski definition) is 5. The number of para-hydroxylation sites is 1. The summed E-state index contributed by atoms with van der Waals surface area (Å²) in [7, 11) is -2.09. The van der Waals surface area contributed by atoms with Crippen LogP contribution in [0.1, 0.15) is 43.0 Å². The van der Waals surface area contributed by atoms with E-state index in [2.05, 4.69) is 49.5 Å². The van der Waals surface area contributed by atoms with Crippen molar-refractivity contribution in [2.24, 2.45) is 4.99 Å². The van der Waals surface area contributed by atoms with Gasteiger partial charge in [-0.1, -0.05) is 81.4 Å². The summed E-state index contributed by atoms with van der Waals surface area (Å²) in [6.45, 7) is 11.1. The lowest BCUT2D eigenvalue weighted by molar-refractivity contribution is -0.117. The molecule has 7 nitrogen and oxygen atoms in total. The van der Waals surface area contributed by atoms with Gasteiger partial charge in [0.05, 0.1) is 18.0 Å². The van der Waals surface area contributed by atoms with E-state index >= 15 is 0 Å². The van der Waals surface area contributed by atoms with Gasteiger partial charge in [0, 0.05) is 16.7 Å². The molecule has 4 rings (SSSR count). The Kier molecular flexibility index (Phi) is 8.32. The molecule has 0 aromatic heterocycles. The van der Waals surface area contributed by atoms with Crippen LogP contribution in [0.4, 0.5) is 14.9 Å². The third kappa shape index (κ3) is 6.79. The van der Waals surface area contributed by atoms with E-state index in [0.717, 1.165) is 11.1 Å². The van der Waals surface area contributed by atoms with Gasteiger partial charge in [0.15, 0.2) is 8.32 Å². The number of halogens is 1. The molecule has 1 atom stereocenters. The lowest BCUT2D eigenvalue weighted by atomic mass is 9.98. The van der Waals surface area contributed by atoms with E-state index in [1.807, 2.05) is 48.5 Å². The van der Waals surface area contributed by atoms with E-state index in [1.54, 1.807) is 12.1 Å². The van der Waals surface area contributed by atoms with Crippen molar-refractivity contribution >= 4 is 31.7 Å². The molecule has 0 fully saturated rings. The van der Waals surface area contributed by atoms with Crippen molar-refractivity contribution in [1.29, 1.82) is 0 Å². The average molecular weight is 548 g/mol. The van der Waals surface area contributed by atoms with E-state index in [1.165, 1.54) is 12.1 Å². The fraction of sp³-hybridized carbons (Fsp3) is 0.300. The van der Waals surface area contributed by atoms with Crippen LogP contribution in [-0.2, 0) is 27.2 Å². The monoisotopic (exact) mass is 547 g/mol. The first-order chi connectivity index (χ1) is 18.4. The number of nitrogens with zero attached hydrogens (tertiary/aromatic N) is 1. The average Bonchev–Trinajstić information content (AvgIpc) is 3.02. The van der Waals surface area contributed by atoms with Gasteiger partial charge in [0.25, 0.3) is 5.91 Å². The number of carbonyl (C=O) groups is 2. The molecular formula is C30H34FN3O4Si. The van der Waals surface area contributed by atoms with Crippen molar-refractivity contribution < 1.29 is 23.1 Å². The number of hydrogen-bond donors (Lipinski definition) is 2. The number of ether oxygens (including phenoxy) is 1. The van der Waals surface area contributed by atoms with Crippen molar-refractivity contribution in [2.75, 3.05) is 5.32 Å². The molecule has 0 saturated heterocycles. The van der Waals surface area contributed by atoms with Crippen LogP contribution in [0.5, 0.6) is 0 Å². The molecule has 9 heteroatoms. The molecule has 2 N–H and O–H groups in total. The highest BCUT2D eigenvalue weighted by Gasteiger charge is 2.37. The molecule has 1 aliphatic heterocycles. The standard InChI is InChI=1S/C30H34FN3O4Si/c1-30(2,3)39(4,5)38-19-22-14-10-16-24-25(21-13-9-15-23(31)17-21)32-27(28(35)33-26(22)24)34-29(36)37-18-20-11-7-6-8-12-20/h6-17,27H,18-19H2,1-5H3,(H,33,35)(H,34,36). The highest BCUT2D eigenvalue weighted by Crippen LogP contribution is 2.38. The number of fused-ring (bicyclic) bond motifs is 1. The number of amides is 2. The summed E-state index contributed by atoms with van der Waals surface area (Å²) in [5.74, 6) is -0.983. The summed E-state index contributed by atoms with van der Waals surface area (Å²) in [5, 5.41) is 5.48. The molecule has 0 bridgehead atoms. The largest absolute Gasteiger partial charge is 0.445 e. The van der Waals surface area contributed by atoms with Crippen molar-refractivity contribution in [1.82, 2.24) is 5.32 Å². The molecule has 0 saturated carbocycles. The highest BCUT2D eigenvalue weighted by atomic mass is 28.4. The van der Waals surface area contributed by atoms with Gasteiger partial charge in [-0.2, -0.15) is 0 Å². The van der Waals surface area contributed by atoms with Crippen molar-refractivity contribution in [2.45, 2.75) is 58.3 Å². The first kappa shape index (κ1) is 28.2. The lowest BCUT2D eigenvalue weighted by Gasteiger charge is -2.36. The number of benzodiazepines with no additional fused rings is 1. The van der Waals surface area contributed by atoms with Crippen molar-refractivity contribution in [3.63, 3.8) is 0 Å². The van der Waals surface area contributed by atoms with Gasteiger partial charge in [-0.15, -0.1) is 0 Å². The van der Waals surface area contributed by atoms with E-state index < -0.39 is 32.3 Å². The fourth-order valence-corrected chi connectivity index (χ4v) is 4.78. The second kappa shape index (κ2) is 11.5. The van der Waals surface area contributed by atoms with E-state index in [-0.39, 0.29) is 18.3 Å². The van der Waals surface area contributed by atoms with Crippen molar-refractivity contribution in [3.8, 4) is 0 Å². The van der Waals surface area contributed by atoms with Gasteiger partial charge in [0.1, 0.15) is 12.4 Å². The first-order valence-corrected chi connectivity index (χ1v) is 15.7. The summed E-state index contributed by atoms with van der Waals surface area (Å²) in [6, 6.07) is 20.7. The molecule has 204 valence electrons. The second-order valence-corrected chi connectivity index (χ2v) is 15.8. The van der Waals surface area contributed by atoms with E-state index in [9.17, 15) is 14.0 Å². The van der Waals surface area contributed by atoms with Crippen LogP contribution in [0.25, 0.3) is 0 Å². The number of alkyl carbamates (subject to hydrolysis) is 1. The van der Waals surface area contributed by atoms with Crippen LogP contribution in [-0.4, -0.2) is 32.2 Å². The predicted molar refractivity (Wildman–Crippen MR) is 153 cm³/mol. The summed E-state index contributed by atoms with van der Waals surface area (Å²) in [4.78, 5) is 30.6. The quantitative estimate of drug-likeness (QED) is 0.336. The Morgan fingerprint density at radius 2 is 1.74 bits per heavy atom. The Balaban J connectivity index is 1.66. The number of aliphatic imine (C=N–C) groups is 1. The van der Waals surface area contributed by atoms with E-state index in [0.29, 0.717) is 22.5 Å². The topological polar surface area (TPSA) is 89.0 Å². The number of benzene rings is 3. The Morgan fingerprint density at radius 1 is 1.03 bits per heavy atom. The summed E-state index contributed by atoms with van der Waals surface area (Å²) < 4.78 is 26.0. The Labute approximate surface area is 229 Å². The van der Waals surface area contributed by atoms with Gasteiger partial charge in [-0.25, -0.2) is 14.2 Å². The maximum atomic E-state index is 14.2. The van der Waals surface area contributed by atoms with Gasteiger partial charge in [-0.3, -0.25) is 10.1 Å². The number of rotatable bonds is 7. The molecule has 3 aromatic rings. The normalized spacial score (nSPS) is 15.5. The maximum absolute atomic E-state index is 14.2. The minimum Gasteiger partial charge on any atom is -0.445 e. The van der Waals surface area contributed by atoms with Crippen LogP contribution in [0, 0.1) is 5.82 Å². The Morgan fingerprint density at radius 3 is 2.44 bits per heavy atom. The number of carbonyl (C=O) groups excluding carboxylic acids is 2. The van der Waals surface area contributed by atoms with Gasteiger partial charge in [0.2, 0.25) is 6.17 Å². The minimum atomic E-state index is -2.09. The second-order valence-electron chi connectivity index (χ2n) is 11.0. The molecule has 0 radical (unpaired) electrons. The molecule has 0 aliphatic carbocycles. The molecule has 39 heavy (non-hydrogen) atoms. The zero-order chi connectivity index (χ0) is 28.2. The Hall–Kier alpha value is -3.82. The Bertz CT molecular complexity index is 1390. The van der Waals surface area contributed by atoms with Crippen LogP contribution in [0.2, 0.25) is 18.1 Å². The molecule has 1 heterocycles. The van der Waals surface area contributed by atoms with Crippen LogP contribution < -0.4 is 10.6 Å². The minimum absolute atomic E-state index is 0.00525. The summed E-state index contributed by atoms with van der Waals surface area (Å²) in [5.41, 5.74) is 3.53. The van der Waals surface area contributed by atoms with Gasteiger partial charge >= 0.3 is 6.09 Å². The first-order valence-electron chi connectivity index (χ1n) is 12.8. The molecule has 0 spiro atoms. The summed E-state index contributed by atoms with van der Waals surface area (Å²) >= 11 is 0. The van der Waals surface area contributed by atoms with Crippen LogP contribution >= 0.6 is 0 Å². The smallest absolute Gasteiger partial charge is 0.409 e. The molecule has 1 unspecified atom stereocenters. The van der Waals surface area contributed by atoms with Gasteiger partial charge in [-0.05, 0) is 35.8 Å². The highest BCUT2D eigenvalue weighted by molar-refractivity contribution is 6.74. The van der Waals surface area contributed by atoms with E-state index in [4.69, 9.17) is 9.16 Å². The third-order valence-corrected chi connectivity index (χ3v) is 11.6. The zero-order valence-corrected chi connectivity index (χ0v) is 23.9. The molecule has 3 aromatic carbocycles. The molecular weight excluding hydrogens is 513 g/mol. The molecule has 1 aliphatic rings. The number of nitrogens with one attached hydrogen (secondary N) is 2. The predicted octanol–water partition coefficient (Wildman–Crippen LogP) is 6.39. The van der Waals surface area contributed by atoms with Gasteiger partial charge < -0.3 is 14.5 Å². The zero-order valence-electron chi connectivity index (χ0n) is 22.9. The summed E-state index contributed by atoms with van der Waals surface area (Å²) in [6.07, 6.45) is -2.10.